The van der Waals surface area contributed by atoms with Crippen LogP contribution in [0.1, 0.15) is 15.9 Å². The van der Waals surface area contributed by atoms with E-state index in [9.17, 15) is 9.59 Å². The standard InChI is InChI=1S/C14H17BrN2O3/c1-10-11(3-2-4-12(10)15)14(20)17-7-5-16(6-8-17)13(19)9-18/h2-4,18H,5-9H2,1H3. The highest BCUT2D eigenvalue weighted by molar-refractivity contribution is 9.10. The molecule has 2 rings (SSSR count). The zero-order valence-corrected chi connectivity index (χ0v) is 12.9. The molecule has 0 bridgehead atoms. The predicted molar refractivity (Wildman–Crippen MR) is 78.4 cm³/mol. The normalized spacial score (nSPS) is 15.3. The van der Waals surface area contributed by atoms with Crippen LogP contribution in [0.3, 0.4) is 0 Å². The Morgan fingerprint density at radius 1 is 1.20 bits per heavy atom. The molecular formula is C14H17BrN2O3. The molecule has 1 saturated heterocycles. The van der Waals surface area contributed by atoms with E-state index in [0.717, 1.165) is 10.0 Å². The Bertz CT molecular complexity index is 525. The maximum atomic E-state index is 12.5. The van der Waals surface area contributed by atoms with E-state index < -0.39 is 6.61 Å². The van der Waals surface area contributed by atoms with Crippen LogP contribution in [0.4, 0.5) is 0 Å². The second-order valence-corrected chi connectivity index (χ2v) is 5.60. The van der Waals surface area contributed by atoms with Gasteiger partial charge < -0.3 is 14.9 Å². The van der Waals surface area contributed by atoms with Gasteiger partial charge >= 0.3 is 0 Å². The minimum atomic E-state index is -0.474. The highest BCUT2D eigenvalue weighted by Gasteiger charge is 2.25. The van der Waals surface area contributed by atoms with Crippen molar-refractivity contribution in [3.05, 3.63) is 33.8 Å². The maximum absolute atomic E-state index is 12.5. The molecule has 1 N–H and O–H groups in total. The lowest BCUT2D eigenvalue weighted by molar-refractivity contribution is -0.135. The SMILES string of the molecule is Cc1c(Br)cccc1C(=O)N1CCN(C(=O)CO)CC1. The van der Waals surface area contributed by atoms with Crippen LogP contribution < -0.4 is 0 Å². The van der Waals surface area contributed by atoms with Crippen LogP contribution >= 0.6 is 15.9 Å². The first-order valence-corrected chi connectivity index (χ1v) is 7.27. The van der Waals surface area contributed by atoms with E-state index in [1.165, 1.54) is 0 Å². The lowest BCUT2D eigenvalue weighted by atomic mass is 10.1. The van der Waals surface area contributed by atoms with Crippen LogP contribution in [-0.4, -0.2) is 59.5 Å². The van der Waals surface area contributed by atoms with E-state index in [2.05, 4.69) is 15.9 Å². The van der Waals surface area contributed by atoms with Gasteiger partial charge in [0, 0.05) is 36.2 Å². The quantitative estimate of drug-likeness (QED) is 0.874. The van der Waals surface area contributed by atoms with Crippen LogP contribution in [0.25, 0.3) is 0 Å². The second kappa shape index (κ2) is 6.37. The number of carbonyl (C=O) groups is 2. The molecule has 1 aromatic rings. The van der Waals surface area contributed by atoms with Gasteiger partial charge in [-0.3, -0.25) is 9.59 Å². The van der Waals surface area contributed by atoms with Gasteiger partial charge in [-0.1, -0.05) is 22.0 Å². The third-order valence-corrected chi connectivity index (χ3v) is 4.41. The number of carbonyl (C=O) groups excluding carboxylic acids is 2. The van der Waals surface area contributed by atoms with Crippen molar-refractivity contribution in [2.45, 2.75) is 6.92 Å². The molecule has 1 aromatic carbocycles. The fourth-order valence-electron chi connectivity index (χ4n) is 2.27. The molecule has 2 amide bonds. The van der Waals surface area contributed by atoms with Crippen LogP contribution in [0.5, 0.6) is 0 Å². The van der Waals surface area contributed by atoms with Gasteiger partial charge in [0.2, 0.25) is 5.91 Å². The van der Waals surface area contributed by atoms with Crippen molar-refractivity contribution < 1.29 is 14.7 Å². The minimum absolute atomic E-state index is 0.0140. The Morgan fingerprint density at radius 2 is 1.80 bits per heavy atom. The lowest BCUT2D eigenvalue weighted by Crippen LogP contribution is -2.51. The molecule has 0 saturated carbocycles. The summed E-state index contributed by atoms with van der Waals surface area (Å²) < 4.78 is 0.914. The summed E-state index contributed by atoms with van der Waals surface area (Å²) >= 11 is 3.42. The van der Waals surface area contributed by atoms with E-state index in [4.69, 9.17) is 5.11 Å². The number of aliphatic hydroxyl groups is 1. The first kappa shape index (κ1) is 15.0. The fourth-order valence-corrected chi connectivity index (χ4v) is 2.63. The fraction of sp³-hybridized carbons (Fsp3) is 0.429. The highest BCUT2D eigenvalue weighted by atomic mass is 79.9. The molecule has 0 radical (unpaired) electrons. The van der Waals surface area contributed by atoms with E-state index >= 15 is 0 Å². The number of halogens is 1. The smallest absolute Gasteiger partial charge is 0.254 e. The van der Waals surface area contributed by atoms with Crippen molar-refractivity contribution in [1.82, 2.24) is 9.80 Å². The molecule has 0 unspecified atom stereocenters. The second-order valence-electron chi connectivity index (χ2n) is 4.74. The molecule has 0 aromatic heterocycles. The zero-order valence-electron chi connectivity index (χ0n) is 11.3. The summed E-state index contributed by atoms with van der Waals surface area (Å²) in [6.45, 7) is 3.37. The van der Waals surface area contributed by atoms with Gasteiger partial charge in [0.05, 0.1) is 0 Å². The van der Waals surface area contributed by atoms with Gasteiger partial charge in [0.1, 0.15) is 6.61 Å². The van der Waals surface area contributed by atoms with Crippen molar-refractivity contribution in [2.24, 2.45) is 0 Å². The molecule has 0 spiro atoms. The Balaban J connectivity index is 2.05. The number of hydrogen-bond acceptors (Lipinski definition) is 3. The van der Waals surface area contributed by atoms with Crippen LogP contribution in [0.2, 0.25) is 0 Å². The van der Waals surface area contributed by atoms with Crippen molar-refractivity contribution in [3.63, 3.8) is 0 Å². The molecule has 0 aliphatic carbocycles. The van der Waals surface area contributed by atoms with Crippen molar-refractivity contribution in [1.29, 1.82) is 0 Å². The van der Waals surface area contributed by atoms with Crippen molar-refractivity contribution in [3.8, 4) is 0 Å². The van der Waals surface area contributed by atoms with Gasteiger partial charge in [0.15, 0.2) is 0 Å². The molecule has 0 atom stereocenters. The molecule has 20 heavy (non-hydrogen) atoms. The van der Waals surface area contributed by atoms with Crippen molar-refractivity contribution >= 4 is 27.7 Å². The molecule has 1 aliphatic heterocycles. The predicted octanol–water partition coefficient (Wildman–Crippen LogP) is 1.03. The Morgan fingerprint density at radius 3 is 2.40 bits per heavy atom. The number of rotatable bonds is 2. The maximum Gasteiger partial charge on any atom is 0.254 e. The molecule has 6 heteroatoms. The summed E-state index contributed by atoms with van der Waals surface area (Å²) in [4.78, 5) is 27.2. The number of aliphatic hydroxyl groups excluding tert-OH is 1. The number of benzene rings is 1. The Labute approximate surface area is 126 Å². The van der Waals surface area contributed by atoms with E-state index in [1.807, 2.05) is 25.1 Å². The first-order valence-electron chi connectivity index (χ1n) is 6.47. The number of nitrogens with zero attached hydrogens (tertiary/aromatic N) is 2. The van der Waals surface area contributed by atoms with Crippen LogP contribution in [0.15, 0.2) is 22.7 Å². The highest BCUT2D eigenvalue weighted by Crippen LogP contribution is 2.21. The molecule has 1 heterocycles. The molecule has 1 fully saturated rings. The van der Waals surface area contributed by atoms with Gasteiger partial charge in [-0.2, -0.15) is 0 Å². The molecular weight excluding hydrogens is 324 g/mol. The summed E-state index contributed by atoms with van der Waals surface area (Å²) in [5.74, 6) is -0.296. The van der Waals surface area contributed by atoms with E-state index in [1.54, 1.807) is 9.80 Å². The average molecular weight is 341 g/mol. The number of amides is 2. The van der Waals surface area contributed by atoms with Crippen LogP contribution in [-0.2, 0) is 4.79 Å². The van der Waals surface area contributed by atoms with Gasteiger partial charge in [-0.15, -0.1) is 0 Å². The first-order chi connectivity index (χ1) is 9.54. The monoisotopic (exact) mass is 340 g/mol. The van der Waals surface area contributed by atoms with Gasteiger partial charge in [-0.25, -0.2) is 0 Å². The molecule has 5 nitrogen and oxygen atoms in total. The van der Waals surface area contributed by atoms with E-state index in [0.29, 0.717) is 31.7 Å². The van der Waals surface area contributed by atoms with E-state index in [-0.39, 0.29) is 11.8 Å². The lowest BCUT2D eigenvalue weighted by Gasteiger charge is -2.34. The minimum Gasteiger partial charge on any atom is -0.387 e. The van der Waals surface area contributed by atoms with Crippen LogP contribution in [0, 0.1) is 6.92 Å². The summed E-state index contributed by atoms with van der Waals surface area (Å²) in [6, 6.07) is 5.56. The summed E-state index contributed by atoms with van der Waals surface area (Å²) in [7, 11) is 0. The van der Waals surface area contributed by atoms with Gasteiger partial charge in [-0.05, 0) is 24.6 Å². The summed E-state index contributed by atoms with van der Waals surface area (Å²) in [5, 5.41) is 8.83. The summed E-state index contributed by atoms with van der Waals surface area (Å²) in [5.41, 5.74) is 1.60. The topological polar surface area (TPSA) is 60.9 Å². The van der Waals surface area contributed by atoms with Crippen molar-refractivity contribution in [2.75, 3.05) is 32.8 Å². The Hall–Kier alpha value is -1.40. The molecule has 1 aliphatic rings. The van der Waals surface area contributed by atoms with Gasteiger partial charge in [0.25, 0.3) is 5.91 Å². The zero-order chi connectivity index (χ0) is 14.7. The molecule has 108 valence electrons. The largest absolute Gasteiger partial charge is 0.387 e. The average Bonchev–Trinajstić information content (AvgIpc) is 2.48. The Kier molecular flexibility index (Phi) is 4.77. The third kappa shape index (κ3) is 3.02. The third-order valence-electron chi connectivity index (χ3n) is 3.55. The number of piperazine rings is 1. The number of hydrogen-bond donors (Lipinski definition) is 1. The summed E-state index contributed by atoms with van der Waals surface area (Å²) in [6.07, 6.45) is 0.